The van der Waals surface area contributed by atoms with E-state index in [1.807, 2.05) is 25.1 Å². The van der Waals surface area contributed by atoms with Crippen LogP contribution in [0, 0.1) is 6.92 Å². The monoisotopic (exact) mass is 306 g/mol. The Morgan fingerprint density at radius 3 is 2.50 bits per heavy atom. The molecule has 2 rings (SSSR count). The first-order valence-electron chi connectivity index (χ1n) is 6.65. The van der Waals surface area contributed by atoms with Gasteiger partial charge < -0.3 is 5.32 Å². The van der Waals surface area contributed by atoms with Gasteiger partial charge in [-0.3, -0.25) is 4.90 Å². The number of aryl methyl sites for hydroxylation is 1. The molecule has 1 saturated heterocycles. The van der Waals surface area contributed by atoms with E-state index in [0.717, 1.165) is 24.1 Å². The Bertz CT molecular complexity index is 454. The zero-order chi connectivity index (χ0) is 14.8. The molecule has 1 aromatic rings. The van der Waals surface area contributed by atoms with Crippen LogP contribution in [0.2, 0.25) is 5.02 Å². The van der Waals surface area contributed by atoms with Crippen molar-refractivity contribution in [2.45, 2.75) is 32.0 Å². The molecule has 0 amide bonds. The van der Waals surface area contributed by atoms with Crippen LogP contribution >= 0.6 is 11.6 Å². The van der Waals surface area contributed by atoms with Gasteiger partial charge in [0.25, 0.3) is 0 Å². The summed E-state index contributed by atoms with van der Waals surface area (Å²) in [6.45, 7) is 2.11. The van der Waals surface area contributed by atoms with Crippen LogP contribution in [0.25, 0.3) is 0 Å². The molecule has 0 saturated carbocycles. The number of anilines is 1. The number of benzene rings is 1. The van der Waals surface area contributed by atoms with Crippen molar-refractivity contribution in [3.05, 3.63) is 28.8 Å². The summed E-state index contributed by atoms with van der Waals surface area (Å²) in [5, 5.41) is 4.08. The van der Waals surface area contributed by atoms with Crippen LogP contribution in [0.3, 0.4) is 0 Å². The highest BCUT2D eigenvalue weighted by molar-refractivity contribution is 6.30. The largest absolute Gasteiger partial charge is 0.401 e. The minimum absolute atomic E-state index is 0.222. The number of nitrogens with one attached hydrogen (secondary N) is 1. The molecule has 1 aliphatic rings. The molecule has 0 aromatic heterocycles. The molecule has 1 aliphatic heterocycles. The number of piperidine rings is 1. The molecule has 1 aromatic carbocycles. The highest BCUT2D eigenvalue weighted by Crippen LogP contribution is 2.24. The fourth-order valence-electron chi connectivity index (χ4n) is 2.50. The third-order valence-corrected chi connectivity index (χ3v) is 3.77. The van der Waals surface area contributed by atoms with E-state index in [9.17, 15) is 13.2 Å². The van der Waals surface area contributed by atoms with Gasteiger partial charge in [0.15, 0.2) is 0 Å². The first-order chi connectivity index (χ1) is 9.33. The van der Waals surface area contributed by atoms with Gasteiger partial charge in [-0.2, -0.15) is 13.2 Å². The second-order valence-electron chi connectivity index (χ2n) is 5.27. The van der Waals surface area contributed by atoms with Gasteiger partial charge in [-0.05, 0) is 43.5 Å². The number of rotatable bonds is 3. The lowest BCUT2D eigenvalue weighted by atomic mass is 10.0. The molecule has 20 heavy (non-hydrogen) atoms. The predicted molar refractivity (Wildman–Crippen MR) is 75.3 cm³/mol. The maximum atomic E-state index is 12.3. The van der Waals surface area contributed by atoms with E-state index in [4.69, 9.17) is 11.6 Å². The molecule has 6 heteroatoms. The summed E-state index contributed by atoms with van der Waals surface area (Å²) in [5.74, 6) is 0. The Kier molecular flexibility index (Phi) is 4.81. The van der Waals surface area contributed by atoms with E-state index in [2.05, 4.69) is 5.32 Å². The number of nitrogens with zero attached hydrogens (tertiary/aromatic N) is 1. The van der Waals surface area contributed by atoms with E-state index >= 15 is 0 Å². The zero-order valence-electron chi connectivity index (χ0n) is 11.3. The number of halogens is 4. The normalized spacial score (nSPS) is 18.2. The van der Waals surface area contributed by atoms with E-state index in [0.29, 0.717) is 18.1 Å². The average molecular weight is 307 g/mol. The molecule has 0 atom stereocenters. The molecule has 112 valence electrons. The Balaban J connectivity index is 1.85. The molecule has 0 aliphatic carbocycles. The maximum absolute atomic E-state index is 12.3. The first kappa shape index (κ1) is 15.4. The third kappa shape index (κ3) is 4.56. The van der Waals surface area contributed by atoms with Crippen molar-refractivity contribution in [1.82, 2.24) is 4.90 Å². The summed E-state index contributed by atoms with van der Waals surface area (Å²) in [4.78, 5) is 1.47. The predicted octanol–water partition coefficient (Wildman–Crippen LogP) is 4.09. The molecular formula is C14H18ClF3N2. The van der Waals surface area contributed by atoms with Crippen LogP contribution in [0.1, 0.15) is 18.4 Å². The number of alkyl halides is 3. The molecule has 0 bridgehead atoms. The first-order valence-corrected chi connectivity index (χ1v) is 7.03. The molecule has 0 spiro atoms. The van der Waals surface area contributed by atoms with Crippen LogP contribution in [-0.2, 0) is 0 Å². The summed E-state index contributed by atoms with van der Waals surface area (Å²) < 4.78 is 36.9. The van der Waals surface area contributed by atoms with Crippen LogP contribution in [0.4, 0.5) is 18.9 Å². The highest BCUT2D eigenvalue weighted by atomic mass is 35.5. The fourth-order valence-corrected chi connectivity index (χ4v) is 2.72. The van der Waals surface area contributed by atoms with E-state index in [1.54, 1.807) is 0 Å². The smallest absolute Gasteiger partial charge is 0.382 e. The van der Waals surface area contributed by atoms with Crippen molar-refractivity contribution < 1.29 is 13.2 Å². The van der Waals surface area contributed by atoms with Crippen molar-refractivity contribution >= 4 is 17.3 Å². The average Bonchev–Trinajstić information content (AvgIpc) is 2.33. The summed E-state index contributed by atoms with van der Waals surface area (Å²) >= 11 is 5.90. The molecule has 1 heterocycles. The highest BCUT2D eigenvalue weighted by Gasteiger charge is 2.32. The quantitative estimate of drug-likeness (QED) is 0.905. The summed E-state index contributed by atoms with van der Waals surface area (Å²) in [7, 11) is 0. The van der Waals surface area contributed by atoms with Crippen LogP contribution in [0.5, 0.6) is 0 Å². The zero-order valence-corrected chi connectivity index (χ0v) is 12.1. The molecule has 2 nitrogen and oxygen atoms in total. The molecule has 0 unspecified atom stereocenters. The van der Waals surface area contributed by atoms with Crippen LogP contribution < -0.4 is 5.32 Å². The lowest BCUT2D eigenvalue weighted by Gasteiger charge is -2.33. The maximum Gasteiger partial charge on any atom is 0.401 e. The minimum Gasteiger partial charge on any atom is -0.382 e. The number of likely N-dealkylation sites (tertiary alicyclic amines) is 1. The van der Waals surface area contributed by atoms with Crippen LogP contribution in [0.15, 0.2) is 18.2 Å². The molecule has 1 N–H and O–H groups in total. The van der Waals surface area contributed by atoms with Crippen LogP contribution in [-0.4, -0.2) is 36.8 Å². The van der Waals surface area contributed by atoms with E-state index in [1.165, 1.54) is 4.90 Å². The topological polar surface area (TPSA) is 15.3 Å². The Morgan fingerprint density at radius 1 is 1.30 bits per heavy atom. The van der Waals surface area contributed by atoms with Gasteiger partial charge in [-0.25, -0.2) is 0 Å². The standard InChI is InChI=1S/C14H18ClF3N2/c1-10-8-11(15)2-3-13(10)19-12-4-6-20(7-5-12)9-14(16,17)18/h2-3,8,12,19H,4-7,9H2,1H3. The Hall–Kier alpha value is -0.940. The van der Waals surface area contributed by atoms with Crippen molar-refractivity contribution in [3.63, 3.8) is 0 Å². The summed E-state index contributed by atoms with van der Waals surface area (Å²) in [6.07, 6.45) is -2.66. The van der Waals surface area contributed by atoms with Gasteiger partial charge in [0, 0.05) is 29.8 Å². The second kappa shape index (κ2) is 6.22. The van der Waals surface area contributed by atoms with Crippen molar-refractivity contribution in [1.29, 1.82) is 0 Å². The summed E-state index contributed by atoms with van der Waals surface area (Å²) in [5.41, 5.74) is 2.05. The molecule has 0 radical (unpaired) electrons. The van der Waals surface area contributed by atoms with Crippen molar-refractivity contribution in [3.8, 4) is 0 Å². The second-order valence-corrected chi connectivity index (χ2v) is 5.71. The number of hydrogen-bond acceptors (Lipinski definition) is 2. The van der Waals surface area contributed by atoms with E-state index < -0.39 is 12.7 Å². The third-order valence-electron chi connectivity index (χ3n) is 3.54. The van der Waals surface area contributed by atoms with Gasteiger partial charge in [0.1, 0.15) is 0 Å². The Morgan fingerprint density at radius 2 is 1.95 bits per heavy atom. The molecule has 1 fully saturated rings. The minimum atomic E-state index is -4.10. The lowest BCUT2D eigenvalue weighted by molar-refractivity contribution is -0.147. The van der Waals surface area contributed by atoms with Gasteiger partial charge in [-0.1, -0.05) is 11.6 Å². The van der Waals surface area contributed by atoms with Crippen molar-refractivity contribution in [2.75, 3.05) is 25.0 Å². The Labute approximate surface area is 121 Å². The van der Waals surface area contributed by atoms with Gasteiger partial charge >= 0.3 is 6.18 Å². The fraction of sp³-hybridized carbons (Fsp3) is 0.571. The molecular weight excluding hydrogens is 289 g/mol. The van der Waals surface area contributed by atoms with Gasteiger partial charge in [0.2, 0.25) is 0 Å². The van der Waals surface area contributed by atoms with E-state index in [-0.39, 0.29) is 6.04 Å². The summed E-state index contributed by atoms with van der Waals surface area (Å²) in [6, 6.07) is 5.83. The van der Waals surface area contributed by atoms with Crippen molar-refractivity contribution in [2.24, 2.45) is 0 Å². The lowest BCUT2D eigenvalue weighted by Crippen LogP contribution is -2.43. The number of hydrogen-bond donors (Lipinski definition) is 1. The van der Waals surface area contributed by atoms with Gasteiger partial charge in [-0.15, -0.1) is 0 Å². The SMILES string of the molecule is Cc1cc(Cl)ccc1NC1CCN(CC(F)(F)F)CC1. The van der Waals surface area contributed by atoms with Gasteiger partial charge in [0.05, 0.1) is 6.54 Å².